The van der Waals surface area contributed by atoms with Gasteiger partial charge in [-0.2, -0.15) is 0 Å². The molecule has 0 bridgehead atoms. The molecule has 0 aliphatic heterocycles. The lowest BCUT2D eigenvalue weighted by Gasteiger charge is -2.39. The van der Waals surface area contributed by atoms with E-state index in [1.165, 1.54) is 38.5 Å². The van der Waals surface area contributed by atoms with Crippen molar-refractivity contribution < 1.29 is 4.43 Å². The normalized spacial score (nSPS) is 24.4. The van der Waals surface area contributed by atoms with Gasteiger partial charge in [0, 0.05) is 6.10 Å². The minimum atomic E-state index is -1.05. The maximum atomic E-state index is 6.41. The van der Waals surface area contributed by atoms with Crippen molar-refractivity contribution in [2.24, 2.45) is 5.41 Å². The van der Waals surface area contributed by atoms with Crippen LogP contribution in [0.15, 0.2) is 0 Å². The molecule has 102 valence electrons. The van der Waals surface area contributed by atoms with E-state index in [4.69, 9.17) is 4.43 Å². The van der Waals surface area contributed by atoms with Crippen LogP contribution in [0.3, 0.4) is 0 Å². The highest BCUT2D eigenvalue weighted by Gasteiger charge is 2.36. The van der Waals surface area contributed by atoms with Crippen LogP contribution in [0.25, 0.3) is 0 Å². The zero-order valence-corrected chi connectivity index (χ0v) is 14.0. The average molecular weight is 257 g/mol. The molecule has 0 N–H and O–H groups in total. The quantitative estimate of drug-likeness (QED) is 0.650. The first kappa shape index (κ1) is 15.2. The summed E-state index contributed by atoms with van der Waals surface area (Å²) in [7, 11) is -1.05. The topological polar surface area (TPSA) is 9.23 Å². The van der Waals surface area contributed by atoms with Crippen LogP contribution in [-0.2, 0) is 4.43 Å². The molecule has 2 heteroatoms. The summed E-state index contributed by atoms with van der Waals surface area (Å²) in [6, 6.07) is 0. The molecule has 0 amide bonds. The van der Waals surface area contributed by atoms with E-state index in [2.05, 4.69) is 41.2 Å². The lowest BCUT2D eigenvalue weighted by atomic mass is 9.90. The Kier molecular flexibility index (Phi) is 5.27. The Hall–Kier alpha value is 0.177. The Morgan fingerprint density at radius 3 is 2.18 bits per heavy atom. The maximum Gasteiger partial charge on any atom is 0.180 e. The molecule has 0 radical (unpaired) electrons. The molecular formula is C15H32OSi. The van der Waals surface area contributed by atoms with E-state index in [1.54, 1.807) is 0 Å². The summed E-state index contributed by atoms with van der Waals surface area (Å²) in [6.07, 6.45) is 8.71. The van der Waals surface area contributed by atoms with Gasteiger partial charge in [0.15, 0.2) is 9.04 Å². The van der Waals surface area contributed by atoms with Crippen molar-refractivity contribution >= 4 is 9.04 Å². The maximum absolute atomic E-state index is 6.41. The zero-order chi connectivity index (χ0) is 13.1. The number of hydrogen-bond donors (Lipinski definition) is 0. The van der Waals surface area contributed by atoms with Crippen molar-refractivity contribution in [3.63, 3.8) is 0 Å². The molecule has 0 aromatic heterocycles. The SMILES string of the molecule is CC(CC(C)(C)C)O[SiH](C)C1(C)CCCCC1. The van der Waals surface area contributed by atoms with E-state index < -0.39 is 9.04 Å². The Morgan fingerprint density at radius 1 is 1.18 bits per heavy atom. The summed E-state index contributed by atoms with van der Waals surface area (Å²) in [5.41, 5.74) is 0.390. The van der Waals surface area contributed by atoms with E-state index in [-0.39, 0.29) is 0 Å². The van der Waals surface area contributed by atoms with Crippen LogP contribution in [0.2, 0.25) is 11.6 Å². The molecule has 0 spiro atoms. The molecule has 0 aromatic carbocycles. The van der Waals surface area contributed by atoms with Gasteiger partial charge in [-0.25, -0.2) is 0 Å². The van der Waals surface area contributed by atoms with Crippen LogP contribution >= 0.6 is 0 Å². The highest BCUT2D eigenvalue weighted by molar-refractivity contribution is 6.54. The molecule has 1 saturated carbocycles. The van der Waals surface area contributed by atoms with Crippen molar-refractivity contribution in [2.45, 2.75) is 90.8 Å². The van der Waals surface area contributed by atoms with Crippen LogP contribution in [0.1, 0.15) is 73.1 Å². The molecule has 1 rings (SSSR count). The van der Waals surface area contributed by atoms with Crippen LogP contribution in [0.4, 0.5) is 0 Å². The van der Waals surface area contributed by atoms with Gasteiger partial charge in [-0.3, -0.25) is 0 Å². The van der Waals surface area contributed by atoms with Gasteiger partial charge in [0.25, 0.3) is 0 Å². The minimum absolute atomic E-state index is 0.390. The molecule has 0 heterocycles. The molecular weight excluding hydrogens is 224 g/mol. The first-order valence-corrected chi connectivity index (χ1v) is 9.59. The summed E-state index contributed by atoms with van der Waals surface area (Å²) in [4.78, 5) is 0. The van der Waals surface area contributed by atoms with Gasteiger partial charge in [-0.15, -0.1) is 0 Å². The molecule has 2 atom stereocenters. The van der Waals surface area contributed by atoms with Crippen LogP contribution in [0.5, 0.6) is 0 Å². The standard InChI is InChI=1S/C15H32OSi/c1-13(12-14(2,3)4)16-17(6)15(5)10-8-7-9-11-15/h13,17H,7-12H2,1-6H3. The van der Waals surface area contributed by atoms with Crippen LogP contribution in [-0.4, -0.2) is 15.1 Å². The van der Waals surface area contributed by atoms with E-state index in [0.29, 0.717) is 16.6 Å². The van der Waals surface area contributed by atoms with Gasteiger partial charge >= 0.3 is 0 Å². The van der Waals surface area contributed by atoms with Gasteiger partial charge in [0.1, 0.15) is 0 Å². The molecule has 2 unspecified atom stereocenters. The third-order valence-electron chi connectivity index (χ3n) is 4.31. The largest absolute Gasteiger partial charge is 0.417 e. The van der Waals surface area contributed by atoms with Crippen molar-refractivity contribution in [2.75, 3.05) is 0 Å². The highest BCUT2D eigenvalue weighted by atomic mass is 28.3. The van der Waals surface area contributed by atoms with Gasteiger partial charge in [0.05, 0.1) is 0 Å². The zero-order valence-electron chi connectivity index (χ0n) is 12.8. The molecule has 1 nitrogen and oxygen atoms in total. The van der Waals surface area contributed by atoms with Crippen molar-refractivity contribution in [1.29, 1.82) is 0 Å². The first-order valence-electron chi connectivity index (χ1n) is 7.38. The Labute approximate surface area is 110 Å². The number of hydrogen-bond acceptors (Lipinski definition) is 1. The third kappa shape index (κ3) is 5.13. The number of rotatable bonds is 4. The third-order valence-corrected chi connectivity index (χ3v) is 7.73. The first-order chi connectivity index (χ1) is 7.73. The van der Waals surface area contributed by atoms with Gasteiger partial charge in [0.2, 0.25) is 0 Å². The fourth-order valence-corrected chi connectivity index (χ4v) is 5.53. The van der Waals surface area contributed by atoms with Crippen molar-refractivity contribution in [1.82, 2.24) is 0 Å². The molecule has 0 aromatic rings. The lowest BCUT2D eigenvalue weighted by molar-refractivity contribution is 0.147. The summed E-state index contributed by atoms with van der Waals surface area (Å²) in [5, 5.41) is 0.560. The fourth-order valence-electron chi connectivity index (χ4n) is 3.19. The molecule has 1 aliphatic carbocycles. The summed E-state index contributed by atoms with van der Waals surface area (Å²) in [5.74, 6) is 0. The second kappa shape index (κ2) is 5.88. The van der Waals surface area contributed by atoms with Crippen molar-refractivity contribution in [3.05, 3.63) is 0 Å². The van der Waals surface area contributed by atoms with Crippen LogP contribution < -0.4 is 0 Å². The monoisotopic (exact) mass is 256 g/mol. The van der Waals surface area contributed by atoms with Crippen LogP contribution in [0, 0.1) is 5.41 Å². The van der Waals surface area contributed by atoms with Crippen molar-refractivity contribution in [3.8, 4) is 0 Å². The Balaban J connectivity index is 2.44. The molecule has 1 fully saturated rings. The van der Waals surface area contributed by atoms with Gasteiger partial charge < -0.3 is 4.43 Å². The molecule has 0 saturated heterocycles. The van der Waals surface area contributed by atoms with Gasteiger partial charge in [-0.1, -0.05) is 47.0 Å². The molecule has 17 heavy (non-hydrogen) atoms. The summed E-state index contributed by atoms with van der Waals surface area (Å²) >= 11 is 0. The average Bonchev–Trinajstić information content (AvgIpc) is 2.15. The predicted molar refractivity (Wildman–Crippen MR) is 79.1 cm³/mol. The Morgan fingerprint density at radius 2 is 1.71 bits per heavy atom. The fraction of sp³-hybridized carbons (Fsp3) is 1.00. The molecule has 1 aliphatic rings. The Bertz CT molecular complexity index is 226. The lowest BCUT2D eigenvalue weighted by Crippen LogP contribution is -2.36. The van der Waals surface area contributed by atoms with E-state index >= 15 is 0 Å². The van der Waals surface area contributed by atoms with Gasteiger partial charge in [-0.05, 0) is 43.2 Å². The van der Waals surface area contributed by atoms with E-state index in [9.17, 15) is 0 Å². The second-order valence-electron chi connectivity index (χ2n) is 7.57. The smallest absolute Gasteiger partial charge is 0.180 e. The highest BCUT2D eigenvalue weighted by Crippen LogP contribution is 2.45. The summed E-state index contributed by atoms with van der Waals surface area (Å²) < 4.78 is 6.41. The summed E-state index contributed by atoms with van der Waals surface area (Å²) in [6.45, 7) is 14.1. The second-order valence-corrected chi connectivity index (χ2v) is 10.5. The minimum Gasteiger partial charge on any atom is -0.417 e. The van der Waals surface area contributed by atoms with E-state index in [0.717, 1.165) is 0 Å². The van der Waals surface area contributed by atoms with E-state index in [1.807, 2.05) is 0 Å². The predicted octanol–water partition coefficient (Wildman–Crippen LogP) is 4.91.